The van der Waals surface area contributed by atoms with Gasteiger partial charge in [0.15, 0.2) is 0 Å². The zero-order chi connectivity index (χ0) is 24.6. The molecule has 35 heavy (non-hydrogen) atoms. The predicted molar refractivity (Wildman–Crippen MR) is 142 cm³/mol. The number of benzene rings is 4. The molecule has 0 bridgehead atoms. The van der Waals surface area contributed by atoms with Crippen LogP contribution in [0.4, 0.5) is 0 Å². The summed E-state index contributed by atoms with van der Waals surface area (Å²) >= 11 is 0. The summed E-state index contributed by atoms with van der Waals surface area (Å²) in [6.07, 6.45) is 9.41. The van der Waals surface area contributed by atoms with Gasteiger partial charge in [-0.05, 0) is 75.2 Å². The number of rotatable bonds is 8. The quantitative estimate of drug-likeness (QED) is 0.219. The number of ether oxygens (including phenoxy) is 2. The molecule has 0 aromatic heterocycles. The average Bonchev–Trinajstić information content (AvgIpc) is 2.91. The van der Waals surface area contributed by atoms with Crippen molar-refractivity contribution in [3.05, 3.63) is 107 Å². The zero-order valence-corrected chi connectivity index (χ0v) is 20.0. The van der Waals surface area contributed by atoms with E-state index in [1.165, 1.54) is 48.3 Å². The fourth-order valence-corrected chi connectivity index (χ4v) is 4.42. The molecular weight excluding hydrogens is 436 g/mol. The molecule has 0 aliphatic rings. The fraction of sp³-hybridized carbons (Fsp3) is 0.161. The second kappa shape index (κ2) is 11.3. The van der Waals surface area contributed by atoms with Crippen molar-refractivity contribution in [3.63, 3.8) is 0 Å². The molecule has 4 rings (SSSR count). The Kier molecular flexibility index (Phi) is 7.74. The highest BCUT2D eigenvalue weighted by atomic mass is 16.5. The Morgan fingerprint density at radius 2 is 1.00 bits per heavy atom. The summed E-state index contributed by atoms with van der Waals surface area (Å²) in [5, 5.41) is 4.65. The van der Waals surface area contributed by atoms with Crippen molar-refractivity contribution in [2.45, 2.75) is 19.3 Å². The normalized spacial score (nSPS) is 11.5. The van der Waals surface area contributed by atoms with Crippen molar-refractivity contribution in [1.29, 1.82) is 0 Å². The summed E-state index contributed by atoms with van der Waals surface area (Å²) in [6, 6.07) is 25.0. The topological polar surface area (TPSA) is 52.6 Å². The Morgan fingerprint density at radius 3 is 1.40 bits per heavy atom. The maximum atomic E-state index is 11.5. The second-order valence-electron chi connectivity index (χ2n) is 8.29. The van der Waals surface area contributed by atoms with E-state index < -0.39 is 0 Å². The lowest BCUT2D eigenvalue weighted by Gasteiger charge is -2.12. The van der Waals surface area contributed by atoms with Crippen LogP contribution in [0.3, 0.4) is 0 Å². The number of hydrogen-bond donors (Lipinski definition) is 0. The maximum absolute atomic E-state index is 11.5. The third-order valence-corrected chi connectivity index (χ3v) is 6.19. The number of carbonyl (C=O) groups is 2. The minimum Gasteiger partial charge on any atom is -0.466 e. The third kappa shape index (κ3) is 5.67. The largest absolute Gasteiger partial charge is 0.466 e. The molecule has 4 aromatic rings. The molecule has 0 radical (unpaired) electrons. The number of fused-ring (bicyclic) bond motifs is 2. The highest BCUT2D eigenvalue weighted by Crippen LogP contribution is 2.28. The number of aryl methyl sites for hydroxylation is 2. The monoisotopic (exact) mass is 464 g/mol. The van der Waals surface area contributed by atoms with Crippen LogP contribution in [0.5, 0.6) is 0 Å². The van der Waals surface area contributed by atoms with Gasteiger partial charge in [0.2, 0.25) is 0 Å². The summed E-state index contributed by atoms with van der Waals surface area (Å²) in [5.74, 6) is -0.727. The Balaban J connectivity index is 1.55. The summed E-state index contributed by atoms with van der Waals surface area (Å²) in [5.41, 5.74) is 4.57. The van der Waals surface area contributed by atoms with Crippen LogP contribution >= 0.6 is 0 Å². The van der Waals surface area contributed by atoms with Gasteiger partial charge in [0.25, 0.3) is 0 Å². The van der Waals surface area contributed by atoms with Gasteiger partial charge in [0.05, 0.1) is 14.2 Å². The van der Waals surface area contributed by atoms with E-state index in [9.17, 15) is 9.59 Å². The number of esters is 2. The van der Waals surface area contributed by atoms with Gasteiger partial charge in [-0.2, -0.15) is 0 Å². The first-order valence-electron chi connectivity index (χ1n) is 11.6. The first-order valence-corrected chi connectivity index (χ1v) is 11.6. The van der Waals surface area contributed by atoms with Crippen molar-refractivity contribution in [2.75, 3.05) is 14.2 Å². The molecule has 0 unspecified atom stereocenters. The highest BCUT2D eigenvalue weighted by molar-refractivity contribution is 5.97. The van der Waals surface area contributed by atoms with Crippen molar-refractivity contribution < 1.29 is 19.1 Å². The van der Waals surface area contributed by atoms with Crippen LogP contribution in [0.1, 0.15) is 28.7 Å². The van der Waals surface area contributed by atoms with E-state index in [0.717, 1.165) is 41.2 Å². The van der Waals surface area contributed by atoms with Gasteiger partial charge in [-0.1, -0.05) is 72.8 Å². The Bertz CT molecular complexity index is 1320. The predicted octanol–water partition coefficient (Wildman–Crippen LogP) is 6.54. The van der Waals surface area contributed by atoms with E-state index in [2.05, 4.69) is 48.5 Å². The van der Waals surface area contributed by atoms with E-state index in [1.54, 1.807) is 12.2 Å². The Labute approximate surface area is 205 Å². The molecule has 0 atom stereocenters. The van der Waals surface area contributed by atoms with E-state index in [1.807, 2.05) is 24.3 Å². The molecule has 4 aromatic carbocycles. The SMILES string of the molecule is COC(=O)/C=C/c1ccc(CCCc2ccc(/C=C/C(=O)OC)c3ccccc23)c2ccccc12. The molecule has 0 saturated heterocycles. The van der Waals surface area contributed by atoms with Crippen molar-refractivity contribution in [1.82, 2.24) is 0 Å². The molecule has 0 amide bonds. The lowest BCUT2D eigenvalue weighted by molar-refractivity contribution is -0.135. The second-order valence-corrected chi connectivity index (χ2v) is 8.29. The van der Waals surface area contributed by atoms with E-state index >= 15 is 0 Å². The summed E-state index contributed by atoms with van der Waals surface area (Å²) in [6.45, 7) is 0. The van der Waals surface area contributed by atoms with Crippen molar-refractivity contribution in [3.8, 4) is 0 Å². The number of methoxy groups -OCH3 is 2. The minimum atomic E-state index is -0.364. The Morgan fingerprint density at radius 1 is 0.600 bits per heavy atom. The fourth-order valence-electron chi connectivity index (χ4n) is 4.42. The van der Waals surface area contributed by atoms with Gasteiger partial charge in [0.1, 0.15) is 0 Å². The first kappa shape index (κ1) is 24.0. The molecule has 4 nitrogen and oxygen atoms in total. The molecule has 0 aliphatic heterocycles. The number of carbonyl (C=O) groups excluding carboxylic acids is 2. The van der Waals surface area contributed by atoms with Crippen molar-refractivity contribution >= 4 is 45.6 Å². The first-order chi connectivity index (χ1) is 17.1. The van der Waals surface area contributed by atoms with Gasteiger partial charge in [-0.3, -0.25) is 0 Å². The van der Waals surface area contributed by atoms with Crippen molar-refractivity contribution in [2.24, 2.45) is 0 Å². The van der Waals surface area contributed by atoms with Crippen LogP contribution < -0.4 is 0 Å². The van der Waals surface area contributed by atoms with E-state index in [-0.39, 0.29) is 11.9 Å². The van der Waals surface area contributed by atoms with Crippen LogP contribution in [0, 0.1) is 0 Å². The molecule has 0 spiro atoms. The lowest BCUT2D eigenvalue weighted by Crippen LogP contribution is -1.96. The van der Waals surface area contributed by atoms with E-state index in [4.69, 9.17) is 9.47 Å². The molecule has 176 valence electrons. The Hall–Kier alpha value is -4.18. The number of hydrogen-bond acceptors (Lipinski definition) is 4. The standard InChI is InChI=1S/C31H28O4/c1-34-30(32)20-18-24-16-14-22(26-10-3-5-12-28(24)26)8-7-9-23-15-17-25(19-21-31(33)35-2)29-13-6-4-11-27(23)29/h3-6,10-21H,7-9H2,1-2H3/b20-18+,21-19+. The average molecular weight is 465 g/mol. The highest BCUT2D eigenvalue weighted by Gasteiger charge is 2.08. The van der Waals surface area contributed by atoms with E-state index in [0.29, 0.717) is 0 Å². The van der Waals surface area contributed by atoms with Gasteiger partial charge in [-0.15, -0.1) is 0 Å². The minimum absolute atomic E-state index is 0.364. The van der Waals surface area contributed by atoms with Gasteiger partial charge >= 0.3 is 11.9 Å². The molecule has 0 aliphatic carbocycles. The smallest absolute Gasteiger partial charge is 0.330 e. The molecule has 0 fully saturated rings. The van der Waals surface area contributed by atoms with Crippen LogP contribution in [0.25, 0.3) is 33.7 Å². The van der Waals surface area contributed by atoms with Gasteiger partial charge in [0, 0.05) is 12.2 Å². The lowest BCUT2D eigenvalue weighted by atomic mass is 9.93. The molecule has 4 heteroatoms. The third-order valence-electron chi connectivity index (χ3n) is 6.19. The molecule has 0 N–H and O–H groups in total. The summed E-state index contributed by atoms with van der Waals surface area (Å²) in [4.78, 5) is 23.1. The summed E-state index contributed by atoms with van der Waals surface area (Å²) < 4.78 is 9.44. The summed E-state index contributed by atoms with van der Waals surface area (Å²) in [7, 11) is 2.76. The zero-order valence-electron chi connectivity index (χ0n) is 20.0. The van der Waals surface area contributed by atoms with Crippen LogP contribution in [-0.2, 0) is 31.9 Å². The molecule has 0 saturated carbocycles. The molecular formula is C31H28O4. The van der Waals surface area contributed by atoms with Crippen LogP contribution in [0.15, 0.2) is 84.9 Å². The van der Waals surface area contributed by atoms with Crippen LogP contribution in [0.2, 0.25) is 0 Å². The molecule has 0 heterocycles. The van der Waals surface area contributed by atoms with Gasteiger partial charge < -0.3 is 9.47 Å². The van der Waals surface area contributed by atoms with Crippen LogP contribution in [-0.4, -0.2) is 26.2 Å². The maximum Gasteiger partial charge on any atom is 0.330 e. The van der Waals surface area contributed by atoms with Gasteiger partial charge in [-0.25, -0.2) is 9.59 Å².